The second-order valence-corrected chi connectivity index (χ2v) is 5.31. The summed E-state index contributed by atoms with van der Waals surface area (Å²) in [7, 11) is 0. The van der Waals surface area contributed by atoms with Gasteiger partial charge in [0.25, 0.3) is 5.91 Å². The highest BCUT2D eigenvalue weighted by atomic mass is 16.5. The molecular formula is C18H16N4O3. The standard InChI is InChI=1S/C18H16N4O3/c1-12-16(17(25-22-12)13-6-3-2-4-7-13)18(24)20-11-15(23)21-14-8-5-9-19-10-14/h2-10H,11H2,1H3,(H,20,24)(H,21,23). The van der Waals surface area contributed by atoms with Crippen molar-refractivity contribution in [1.82, 2.24) is 15.5 Å². The fraction of sp³-hybridized carbons (Fsp3) is 0.111. The Labute approximate surface area is 144 Å². The molecule has 1 aromatic carbocycles. The van der Waals surface area contributed by atoms with Crippen LogP contribution < -0.4 is 10.6 Å². The van der Waals surface area contributed by atoms with Gasteiger partial charge in [-0.25, -0.2) is 0 Å². The molecule has 0 spiro atoms. The molecule has 7 heteroatoms. The fourth-order valence-electron chi connectivity index (χ4n) is 2.31. The molecule has 0 fully saturated rings. The molecule has 2 heterocycles. The molecule has 0 unspecified atom stereocenters. The Hall–Kier alpha value is -3.48. The molecule has 0 aliphatic rings. The lowest BCUT2D eigenvalue weighted by atomic mass is 10.1. The van der Waals surface area contributed by atoms with E-state index in [0.29, 0.717) is 22.7 Å². The number of carbonyl (C=O) groups is 2. The zero-order valence-electron chi connectivity index (χ0n) is 13.5. The van der Waals surface area contributed by atoms with Gasteiger partial charge in [0.2, 0.25) is 5.91 Å². The minimum absolute atomic E-state index is 0.174. The molecule has 2 N–H and O–H groups in total. The van der Waals surface area contributed by atoms with Crippen molar-refractivity contribution in [1.29, 1.82) is 0 Å². The number of rotatable bonds is 5. The van der Waals surface area contributed by atoms with E-state index in [9.17, 15) is 9.59 Å². The van der Waals surface area contributed by atoms with Crippen LogP contribution in [0, 0.1) is 6.92 Å². The van der Waals surface area contributed by atoms with Gasteiger partial charge in [0, 0.05) is 11.8 Å². The maximum absolute atomic E-state index is 12.5. The number of benzene rings is 1. The van der Waals surface area contributed by atoms with Gasteiger partial charge in [-0.05, 0) is 19.1 Å². The van der Waals surface area contributed by atoms with E-state index in [1.807, 2.05) is 30.3 Å². The fourth-order valence-corrected chi connectivity index (χ4v) is 2.31. The van der Waals surface area contributed by atoms with Crippen molar-refractivity contribution in [2.24, 2.45) is 0 Å². The highest BCUT2D eigenvalue weighted by Crippen LogP contribution is 2.25. The first kappa shape index (κ1) is 16.4. The van der Waals surface area contributed by atoms with Gasteiger partial charge in [0.05, 0.1) is 24.1 Å². The summed E-state index contributed by atoms with van der Waals surface area (Å²) in [5, 5.41) is 9.10. The SMILES string of the molecule is Cc1noc(-c2ccccc2)c1C(=O)NCC(=O)Nc1cccnc1. The Morgan fingerprint density at radius 3 is 2.64 bits per heavy atom. The van der Waals surface area contributed by atoms with Crippen molar-refractivity contribution in [3.05, 3.63) is 66.1 Å². The summed E-state index contributed by atoms with van der Waals surface area (Å²) in [4.78, 5) is 28.3. The summed E-state index contributed by atoms with van der Waals surface area (Å²) >= 11 is 0. The van der Waals surface area contributed by atoms with Gasteiger partial charge in [-0.15, -0.1) is 0 Å². The zero-order valence-corrected chi connectivity index (χ0v) is 13.5. The quantitative estimate of drug-likeness (QED) is 0.746. The van der Waals surface area contributed by atoms with Crippen LogP contribution in [0.25, 0.3) is 11.3 Å². The number of anilines is 1. The van der Waals surface area contributed by atoms with Gasteiger partial charge in [0.15, 0.2) is 5.76 Å². The van der Waals surface area contributed by atoms with Crippen LogP contribution in [-0.4, -0.2) is 28.5 Å². The molecule has 7 nitrogen and oxygen atoms in total. The van der Waals surface area contributed by atoms with Gasteiger partial charge >= 0.3 is 0 Å². The maximum Gasteiger partial charge on any atom is 0.257 e. The molecule has 25 heavy (non-hydrogen) atoms. The second-order valence-electron chi connectivity index (χ2n) is 5.31. The minimum atomic E-state index is -0.418. The van der Waals surface area contributed by atoms with E-state index in [-0.39, 0.29) is 12.5 Å². The van der Waals surface area contributed by atoms with Crippen LogP contribution in [0.4, 0.5) is 5.69 Å². The highest BCUT2D eigenvalue weighted by Gasteiger charge is 2.22. The lowest BCUT2D eigenvalue weighted by molar-refractivity contribution is -0.115. The van der Waals surface area contributed by atoms with E-state index >= 15 is 0 Å². The van der Waals surface area contributed by atoms with Gasteiger partial charge in [-0.2, -0.15) is 0 Å². The van der Waals surface area contributed by atoms with Crippen LogP contribution in [0.2, 0.25) is 0 Å². The average molecular weight is 336 g/mol. The third-order valence-corrected chi connectivity index (χ3v) is 3.48. The Morgan fingerprint density at radius 2 is 1.92 bits per heavy atom. The van der Waals surface area contributed by atoms with E-state index in [4.69, 9.17) is 4.52 Å². The third kappa shape index (κ3) is 3.89. The number of pyridine rings is 1. The summed E-state index contributed by atoms with van der Waals surface area (Å²) in [6, 6.07) is 12.6. The Balaban J connectivity index is 1.68. The molecule has 0 saturated heterocycles. The first-order valence-corrected chi connectivity index (χ1v) is 7.65. The number of amides is 2. The van der Waals surface area contributed by atoms with E-state index < -0.39 is 5.91 Å². The van der Waals surface area contributed by atoms with Crippen LogP contribution in [-0.2, 0) is 4.79 Å². The van der Waals surface area contributed by atoms with Crippen LogP contribution >= 0.6 is 0 Å². The Kier molecular flexibility index (Phi) is 4.84. The molecule has 0 atom stereocenters. The van der Waals surface area contributed by atoms with Crippen LogP contribution in [0.15, 0.2) is 59.4 Å². The smallest absolute Gasteiger partial charge is 0.257 e. The van der Waals surface area contributed by atoms with Crippen LogP contribution in [0.1, 0.15) is 16.1 Å². The molecule has 0 aliphatic heterocycles. The maximum atomic E-state index is 12.5. The number of aromatic nitrogens is 2. The van der Waals surface area contributed by atoms with Crippen molar-refractivity contribution in [3.8, 4) is 11.3 Å². The number of nitrogens with zero attached hydrogens (tertiary/aromatic N) is 2. The Morgan fingerprint density at radius 1 is 1.12 bits per heavy atom. The molecule has 3 rings (SSSR count). The van der Waals surface area contributed by atoms with Crippen molar-refractivity contribution in [2.75, 3.05) is 11.9 Å². The normalized spacial score (nSPS) is 10.3. The van der Waals surface area contributed by atoms with Gasteiger partial charge in [-0.1, -0.05) is 35.5 Å². The molecule has 0 saturated carbocycles. The summed E-state index contributed by atoms with van der Waals surface area (Å²) in [6.45, 7) is 1.51. The van der Waals surface area contributed by atoms with E-state index in [1.165, 1.54) is 6.20 Å². The summed E-state index contributed by atoms with van der Waals surface area (Å²) in [5.74, 6) is -0.390. The van der Waals surface area contributed by atoms with Crippen molar-refractivity contribution < 1.29 is 14.1 Å². The van der Waals surface area contributed by atoms with E-state index in [0.717, 1.165) is 5.56 Å². The highest BCUT2D eigenvalue weighted by molar-refractivity contribution is 6.03. The summed E-state index contributed by atoms with van der Waals surface area (Å²) in [6.07, 6.45) is 3.13. The number of hydrogen-bond donors (Lipinski definition) is 2. The number of nitrogens with one attached hydrogen (secondary N) is 2. The third-order valence-electron chi connectivity index (χ3n) is 3.48. The molecule has 0 bridgehead atoms. The number of aryl methyl sites for hydroxylation is 1. The zero-order chi connectivity index (χ0) is 17.6. The molecule has 0 aliphatic carbocycles. The van der Waals surface area contributed by atoms with Crippen LogP contribution in [0.3, 0.4) is 0 Å². The van der Waals surface area contributed by atoms with Gasteiger partial charge < -0.3 is 15.2 Å². The second kappa shape index (κ2) is 7.39. The largest absolute Gasteiger partial charge is 0.355 e. The monoisotopic (exact) mass is 336 g/mol. The molecule has 0 radical (unpaired) electrons. The molecule has 3 aromatic rings. The van der Waals surface area contributed by atoms with E-state index in [1.54, 1.807) is 25.3 Å². The predicted octanol–water partition coefficient (Wildman–Crippen LogP) is 2.41. The number of carbonyl (C=O) groups excluding carboxylic acids is 2. The van der Waals surface area contributed by atoms with Crippen molar-refractivity contribution >= 4 is 17.5 Å². The first-order valence-electron chi connectivity index (χ1n) is 7.65. The molecule has 126 valence electrons. The number of hydrogen-bond acceptors (Lipinski definition) is 5. The van der Waals surface area contributed by atoms with Crippen molar-refractivity contribution in [3.63, 3.8) is 0 Å². The predicted molar refractivity (Wildman–Crippen MR) is 91.9 cm³/mol. The summed E-state index contributed by atoms with van der Waals surface area (Å²) in [5.41, 5.74) is 2.09. The summed E-state index contributed by atoms with van der Waals surface area (Å²) < 4.78 is 5.29. The lowest BCUT2D eigenvalue weighted by Gasteiger charge is -2.07. The minimum Gasteiger partial charge on any atom is -0.355 e. The topological polar surface area (TPSA) is 97.1 Å². The van der Waals surface area contributed by atoms with Gasteiger partial charge in [0.1, 0.15) is 5.56 Å². The first-order chi connectivity index (χ1) is 12.1. The Bertz CT molecular complexity index is 876. The average Bonchev–Trinajstić information content (AvgIpc) is 3.03. The molecule has 2 aromatic heterocycles. The molecule has 2 amide bonds. The van der Waals surface area contributed by atoms with Gasteiger partial charge in [-0.3, -0.25) is 14.6 Å². The van der Waals surface area contributed by atoms with E-state index in [2.05, 4.69) is 20.8 Å². The van der Waals surface area contributed by atoms with Crippen molar-refractivity contribution in [2.45, 2.75) is 6.92 Å². The molecular weight excluding hydrogens is 320 g/mol. The lowest BCUT2D eigenvalue weighted by Crippen LogP contribution is -2.33. The van der Waals surface area contributed by atoms with Crippen LogP contribution in [0.5, 0.6) is 0 Å².